The van der Waals surface area contributed by atoms with Gasteiger partial charge < -0.3 is 4.74 Å². The molecule has 0 aromatic heterocycles. The quantitative estimate of drug-likeness (QED) is 0.512. The van der Waals surface area contributed by atoms with Gasteiger partial charge in [0.15, 0.2) is 11.6 Å². The Morgan fingerprint density at radius 1 is 0.821 bits per heavy atom. The largest absolute Gasteiger partial charge is 0.432 e. The zero-order chi connectivity index (χ0) is 19.7. The molecule has 3 aliphatic rings. The summed E-state index contributed by atoms with van der Waals surface area (Å²) < 4.78 is 43.0. The van der Waals surface area contributed by atoms with E-state index < -0.39 is 12.4 Å². The van der Waals surface area contributed by atoms with Crippen molar-refractivity contribution in [2.24, 2.45) is 29.6 Å². The molecule has 0 heterocycles. The lowest BCUT2D eigenvalue weighted by molar-refractivity contribution is -0.0522. The van der Waals surface area contributed by atoms with Crippen molar-refractivity contribution in [3.05, 3.63) is 29.6 Å². The van der Waals surface area contributed by atoms with Gasteiger partial charge in [0.25, 0.3) is 0 Å². The van der Waals surface area contributed by atoms with Crippen LogP contribution in [-0.2, 0) is 0 Å². The molecule has 0 radical (unpaired) electrons. The Balaban J connectivity index is 1.34. The van der Waals surface area contributed by atoms with E-state index in [1.54, 1.807) is 6.07 Å². The average Bonchev–Trinajstić information content (AvgIpc) is 2.69. The van der Waals surface area contributed by atoms with E-state index in [0.717, 1.165) is 48.0 Å². The lowest BCUT2D eigenvalue weighted by Crippen LogP contribution is -2.34. The van der Waals surface area contributed by atoms with Gasteiger partial charge in [0.05, 0.1) is 0 Å². The van der Waals surface area contributed by atoms with E-state index in [2.05, 4.69) is 11.7 Å². The molecule has 4 heteroatoms. The molecule has 0 saturated heterocycles. The van der Waals surface area contributed by atoms with Crippen LogP contribution in [0.25, 0.3) is 0 Å². The second-order valence-corrected chi connectivity index (χ2v) is 9.69. The minimum atomic E-state index is -2.99. The van der Waals surface area contributed by atoms with Crippen LogP contribution in [0.4, 0.5) is 13.2 Å². The van der Waals surface area contributed by atoms with Gasteiger partial charge in [0.2, 0.25) is 0 Å². The third kappa shape index (κ3) is 4.52. The Kier molecular flexibility index (Phi) is 6.22. The average molecular weight is 395 g/mol. The zero-order valence-corrected chi connectivity index (χ0v) is 16.9. The molecule has 3 saturated carbocycles. The SMILES string of the molecule is CC1CCC(C2CCC3CC(c4ccc(OC(F)F)c(F)c4)CCC3C2)CC1. The van der Waals surface area contributed by atoms with Gasteiger partial charge in [0, 0.05) is 0 Å². The molecule has 156 valence electrons. The van der Waals surface area contributed by atoms with Gasteiger partial charge in [-0.3, -0.25) is 0 Å². The van der Waals surface area contributed by atoms with E-state index in [1.807, 2.05) is 0 Å². The van der Waals surface area contributed by atoms with Gasteiger partial charge in [-0.05, 0) is 105 Å². The number of fused-ring (bicyclic) bond motifs is 1. The van der Waals surface area contributed by atoms with Crippen molar-refractivity contribution in [2.45, 2.75) is 83.7 Å². The predicted molar refractivity (Wildman–Crippen MR) is 105 cm³/mol. The molecule has 0 N–H and O–H groups in total. The van der Waals surface area contributed by atoms with Crippen LogP contribution in [0.15, 0.2) is 18.2 Å². The maximum Gasteiger partial charge on any atom is 0.387 e. The van der Waals surface area contributed by atoms with Crippen LogP contribution >= 0.6 is 0 Å². The Hall–Kier alpha value is -1.19. The van der Waals surface area contributed by atoms with Crippen molar-refractivity contribution in [1.29, 1.82) is 0 Å². The molecule has 0 amide bonds. The Morgan fingerprint density at radius 2 is 1.43 bits per heavy atom. The molecule has 0 aliphatic heterocycles. The second-order valence-electron chi connectivity index (χ2n) is 9.69. The van der Waals surface area contributed by atoms with Gasteiger partial charge in [0.1, 0.15) is 0 Å². The molecule has 4 atom stereocenters. The van der Waals surface area contributed by atoms with Crippen LogP contribution in [0.1, 0.15) is 82.6 Å². The monoisotopic (exact) mass is 394 g/mol. The Labute approximate surface area is 167 Å². The van der Waals surface area contributed by atoms with Gasteiger partial charge in [-0.2, -0.15) is 8.78 Å². The summed E-state index contributed by atoms with van der Waals surface area (Å²) in [7, 11) is 0. The molecule has 0 bridgehead atoms. The van der Waals surface area contributed by atoms with Gasteiger partial charge in [-0.15, -0.1) is 0 Å². The minimum absolute atomic E-state index is 0.350. The first-order valence-electron chi connectivity index (χ1n) is 11.2. The highest BCUT2D eigenvalue weighted by Gasteiger charge is 2.38. The van der Waals surface area contributed by atoms with Crippen LogP contribution in [0.5, 0.6) is 5.75 Å². The molecule has 1 nitrogen and oxygen atoms in total. The number of hydrogen-bond acceptors (Lipinski definition) is 1. The van der Waals surface area contributed by atoms with Crippen LogP contribution < -0.4 is 4.74 Å². The van der Waals surface area contributed by atoms with Crippen LogP contribution in [-0.4, -0.2) is 6.61 Å². The third-order valence-electron chi connectivity index (χ3n) is 8.02. The lowest BCUT2D eigenvalue weighted by atomic mass is 9.60. The topological polar surface area (TPSA) is 9.23 Å². The maximum atomic E-state index is 14.1. The molecule has 3 fully saturated rings. The summed E-state index contributed by atoms with van der Waals surface area (Å²) in [6.45, 7) is -0.595. The zero-order valence-electron chi connectivity index (χ0n) is 16.9. The Morgan fingerprint density at radius 3 is 2.11 bits per heavy atom. The lowest BCUT2D eigenvalue weighted by Gasteiger charge is -2.45. The van der Waals surface area contributed by atoms with Crippen molar-refractivity contribution in [2.75, 3.05) is 0 Å². The van der Waals surface area contributed by atoms with Gasteiger partial charge in [-0.1, -0.05) is 25.8 Å². The number of halogens is 3. The maximum absolute atomic E-state index is 14.1. The van der Waals surface area contributed by atoms with Crippen molar-refractivity contribution in [1.82, 2.24) is 0 Å². The molecule has 28 heavy (non-hydrogen) atoms. The first-order chi connectivity index (χ1) is 13.5. The molecule has 4 rings (SSSR count). The van der Waals surface area contributed by atoms with E-state index in [4.69, 9.17) is 0 Å². The van der Waals surface area contributed by atoms with Crippen molar-refractivity contribution < 1.29 is 17.9 Å². The fourth-order valence-corrected chi connectivity index (χ4v) is 6.38. The molecular weight excluding hydrogens is 361 g/mol. The predicted octanol–water partition coefficient (Wildman–Crippen LogP) is 7.55. The van der Waals surface area contributed by atoms with Crippen LogP contribution in [0.3, 0.4) is 0 Å². The summed E-state index contributed by atoms with van der Waals surface area (Å²) in [6, 6.07) is 4.56. The smallest absolute Gasteiger partial charge is 0.387 e. The highest BCUT2D eigenvalue weighted by Crippen LogP contribution is 2.51. The van der Waals surface area contributed by atoms with Crippen molar-refractivity contribution in [3.63, 3.8) is 0 Å². The molecule has 4 unspecified atom stereocenters. The van der Waals surface area contributed by atoms with E-state index in [-0.39, 0.29) is 5.75 Å². The summed E-state index contributed by atoms with van der Waals surface area (Å²) in [6.07, 6.45) is 13.2. The fraction of sp³-hybridized carbons (Fsp3) is 0.750. The van der Waals surface area contributed by atoms with E-state index in [9.17, 15) is 13.2 Å². The van der Waals surface area contributed by atoms with Crippen molar-refractivity contribution in [3.8, 4) is 5.75 Å². The molecule has 3 aliphatic carbocycles. The fourth-order valence-electron chi connectivity index (χ4n) is 6.38. The minimum Gasteiger partial charge on any atom is -0.432 e. The van der Waals surface area contributed by atoms with Gasteiger partial charge in [-0.25, -0.2) is 4.39 Å². The van der Waals surface area contributed by atoms with Crippen LogP contribution in [0.2, 0.25) is 0 Å². The highest BCUT2D eigenvalue weighted by atomic mass is 19.3. The molecule has 1 aromatic rings. The van der Waals surface area contributed by atoms with Crippen molar-refractivity contribution >= 4 is 0 Å². The highest BCUT2D eigenvalue weighted by molar-refractivity contribution is 5.31. The summed E-state index contributed by atoms with van der Waals surface area (Å²) in [5, 5.41) is 0. The third-order valence-corrected chi connectivity index (χ3v) is 8.02. The summed E-state index contributed by atoms with van der Waals surface area (Å²) >= 11 is 0. The molecule has 0 spiro atoms. The Bertz CT molecular complexity index is 653. The number of alkyl halides is 2. The molecular formula is C24H33F3O. The summed E-state index contributed by atoms with van der Waals surface area (Å²) in [5.74, 6) is 3.70. The van der Waals surface area contributed by atoms with E-state index >= 15 is 0 Å². The van der Waals surface area contributed by atoms with E-state index in [1.165, 1.54) is 63.5 Å². The van der Waals surface area contributed by atoms with Gasteiger partial charge >= 0.3 is 6.61 Å². The standard InChI is InChI=1S/C24H33F3O/c1-15-2-4-16(5-3-15)17-6-7-19-13-20(9-8-18(19)12-17)21-10-11-23(22(25)14-21)28-24(26)27/h10-11,14-20,24H,2-9,12-13H2,1H3. The first kappa shape index (κ1) is 20.1. The number of benzene rings is 1. The summed E-state index contributed by atoms with van der Waals surface area (Å²) in [5.41, 5.74) is 0.945. The first-order valence-corrected chi connectivity index (χ1v) is 11.2. The number of ether oxygens (including phenoxy) is 1. The molecule has 1 aromatic carbocycles. The number of rotatable bonds is 4. The van der Waals surface area contributed by atoms with Crippen LogP contribution in [0, 0.1) is 35.4 Å². The number of hydrogen-bond donors (Lipinski definition) is 0. The summed E-state index contributed by atoms with van der Waals surface area (Å²) in [4.78, 5) is 0. The normalized spacial score (nSPS) is 36.2. The second kappa shape index (κ2) is 8.67. The van der Waals surface area contributed by atoms with E-state index in [0.29, 0.717) is 5.92 Å².